The Balaban J connectivity index is 1.54. The van der Waals surface area contributed by atoms with Crippen LogP contribution in [-0.2, 0) is 4.74 Å². The summed E-state index contributed by atoms with van der Waals surface area (Å²) in [6.07, 6.45) is 15.4. The summed E-state index contributed by atoms with van der Waals surface area (Å²) in [6.45, 7) is 5.99. The maximum absolute atomic E-state index is 10.0. The minimum atomic E-state index is -0.230. The van der Waals surface area contributed by atoms with E-state index in [-0.39, 0.29) is 17.1 Å². The highest BCUT2D eigenvalue weighted by atomic mass is 16.5. The van der Waals surface area contributed by atoms with E-state index in [2.05, 4.69) is 32.1 Å². The van der Waals surface area contributed by atoms with Crippen molar-refractivity contribution in [3.05, 3.63) is 23.8 Å². The average molecular weight is 314 g/mol. The molecular formula is C21H30O2. The molecular weight excluding hydrogens is 284 g/mol. The number of allylic oxidation sites excluding steroid dienone is 3. The van der Waals surface area contributed by atoms with Crippen molar-refractivity contribution in [1.82, 2.24) is 0 Å². The quantitative estimate of drug-likeness (QED) is 0.724. The van der Waals surface area contributed by atoms with Gasteiger partial charge in [-0.05, 0) is 67.3 Å². The van der Waals surface area contributed by atoms with Gasteiger partial charge in [0.2, 0.25) is 0 Å². The van der Waals surface area contributed by atoms with E-state index in [4.69, 9.17) is 4.74 Å². The lowest BCUT2D eigenvalue weighted by atomic mass is 9.47. The van der Waals surface area contributed by atoms with Crippen LogP contribution in [0.2, 0.25) is 0 Å². The van der Waals surface area contributed by atoms with E-state index in [1.54, 1.807) is 0 Å². The van der Waals surface area contributed by atoms with Crippen LogP contribution in [0.5, 0.6) is 0 Å². The molecule has 0 amide bonds. The smallest absolute Gasteiger partial charge is 0.0760 e. The summed E-state index contributed by atoms with van der Waals surface area (Å²) in [4.78, 5) is 0. The van der Waals surface area contributed by atoms with E-state index < -0.39 is 0 Å². The summed E-state index contributed by atoms with van der Waals surface area (Å²) in [5, 5.41) is 10.0. The van der Waals surface area contributed by atoms with Crippen LogP contribution in [0, 0.1) is 28.6 Å². The Hall–Kier alpha value is -0.600. The number of hydrogen-bond acceptors (Lipinski definition) is 2. The third-order valence-corrected chi connectivity index (χ3v) is 8.81. The highest BCUT2D eigenvalue weighted by molar-refractivity contribution is 5.36. The van der Waals surface area contributed by atoms with Crippen molar-refractivity contribution in [2.75, 3.05) is 6.61 Å². The van der Waals surface area contributed by atoms with Gasteiger partial charge >= 0.3 is 0 Å². The fourth-order valence-corrected chi connectivity index (χ4v) is 7.23. The predicted molar refractivity (Wildman–Crippen MR) is 90.9 cm³/mol. The van der Waals surface area contributed by atoms with Crippen molar-refractivity contribution in [3.8, 4) is 0 Å². The van der Waals surface area contributed by atoms with Crippen LogP contribution in [0.3, 0.4) is 0 Å². The molecule has 7 atom stereocenters. The molecule has 2 heteroatoms. The van der Waals surface area contributed by atoms with Crippen molar-refractivity contribution in [2.45, 2.75) is 70.5 Å². The number of rotatable bonds is 0. The molecule has 0 bridgehead atoms. The van der Waals surface area contributed by atoms with Crippen LogP contribution in [0.25, 0.3) is 0 Å². The van der Waals surface area contributed by atoms with Gasteiger partial charge in [0, 0.05) is 11.8 Å². The summed E-state index contributed by atoms with van der Waals surface area (Å²) in [6, 6.07) is 0. The highest BCUT2D eigenvalue weighted by Gasteiger charge is 2.66. The van der Waals surface area contributed by atoms with Gasteiger partial charge < -0.3 is 9.84 Å². The van der Waals surface area contributed by atoms with E-state index in [1.165, 1.54) is 37.7 Å². The molecule has 0 aromatic carbocycles. The minimum Gasteiger partial charge on any atom is -0.389 e. The Morgan fingerprint density at radius 1 is 1.04 bits per heavy atom. The van der Waals surface area contributed by atoms with Crippen LogP contribution in [0.1, 0.15) is 58.8 Å². The average Bonchev–Trinajstić information content (AvgIpc) is 2.81. The van der Waals surface area contributed by atoms with Crippen molar-refractivity contribution in [3.63, 3.8) is 0 Å². The van der Waals surface area contributed by atoms with E-state index >= 15 is 0 Å². The summed E-state index contributed by atoms with van der Waals surface area (Å²) in [5.41, 5.74) is 2.31. The van der Waals surface area contributed by atoms with Gasteiger partial charge in [0.1, 0.15) is 0 Å². The molecule has 2 saturated carbocycles. The first-order valence-corrected chi connectivity index (χ1v) is 9.71. The standard InChI is InChI=1S/C21H30O2/c1-19-8-5-15(22)13-14(19)3-4-16-17(19)6-9-20(2)18(16)7-10-21(20)11-12-23-21/h3-4,13,15-18,22H,5-12H2,1-2H3/t15?,16?,17?,18?,19-,20-,21+/m0/s1. The van der Waals surface area contributed by atoms with E-state index in [0.29, 0.717) is 5.41 Å². The number of aliphatic hydroxyl groups is 1. The van der Waals surface area contributed by atoms with Gasteiger partial charge in [-0.2, -0.15) is 0 Å². The van der Waals surface area contributed by atoms with Gasteiger partial charge in [0.25, 0.3) is 0 Å². The Morgan fingerprint density at radius 2 is 1.83 bits per heavy atom. The number of aliphatic hydroxyl groups excluding tert-OH is 1. The molecule has 1 heterocycles. The predicted octanol–water partition coefficient (Wildman–Crippen LogP) is 4.25. The van der Waals surface area contributed by atoms with E-state index in [9.17, 15) is 5.11 Å². The lowest BCUT2D eigenvalue weighted by molar-refractivity contribution is -0.223. The largest absolute Gasteiger partial charge is 0.389 e. The third kappa shape index (κ3) is 1.67. The van der Waals surface area contributed by atoms with E-state index in [0.717, 1.165) is 37.2 Å². The van der Waals surface area contributed by atoms with Gasteiger partial charge in [0.15, 0.2) is 0 Å². The minimum absolute atomic E-state index is 0.219. The molecule has 3 fully saturated rings. The normalized spacial score (nSPS) is 57.3. The van der Waals surface area contributed by atoms with Crippen LogP contribution in [-0.4, -0.2) is 23.4 Å². The van der Waals surface area contributed by atoms with Crippen LogP contribution < -0.4 is 0 Å². The second-order valence-corrected chi connectivity index (χ2v) is 9.38. The van der Waals surface area contributed by atoms with Crippen molar-refractivity contribution < 1.29 is 9.84 Å². The van der Waals surface area contributed by atoms with Crippen molar-refractivity contribution >= 4 is 0 Å². The molecule has 1 spiro atoms. The van der Waals surface area contributed by atoms with Gasteiger partial charge in [-0.1, -0.05) is 32.1 Å². The Morgan fingerprint density at radius 3 is 2.57 bits per heavy atom. The molecule has 4 aliphatic carbocycles. The van der Waals surface area contributed by atoms with Gasteiger partial charge in [-0.3, -0.25) is 0 Å². The summed E-state index contributed by atoms with van der Waals surface area (Å²) < 4.78 is 6.21. The second kappa shape index (κ2) is 4.52. The number of ether oxygens (including phenoxy) is 1. The lowest BCUT2D eigenvalue weighted by Crippen LogP contribution is -2.58. The molecule has 1 aliphatic heterocycles. The molecule has 2 nitrogen and oxygen atoms in total. The zero-order valence-corrected chi connectivity index (χ0v) is 14.6. The summed E-state index contributed by atoms with van der Waals surface area (Å²) in [5.74, 6) is 2.28. The molecule has 0 radical (unpaired) electrons. The topological polar surface area (TPSA) is 29.5 Å². The third-order valence-electron chi connectivity index (χ3n) is 8.81. The highest BCUT2D eigenvalue weighted by Crippen LogP contribution is 2.69. The van der Waals surface area contributed by atoms with Gasteiger partial charge in [0.05, 0.1) is 18.3 Å². The fraction of sp³-hybridized carbons (Fsp3) is 0.810. The molecule has 1 N–H and O–H groups in total. The first kappa shape index (κ1) is 14.7. The fourth-order valence-electron chi connectivity index (χ4n) is 7.23. The van der Waals surface area contributed by atoms with Crippen molar-refractivity contribution in [2.24, 2.45) is 28.6 Å². The summed E-state index contributed by atoms with van der Waals surface area (Å²) in [7, 11) is 0. The zero-order valence-electron chi connectivity index (χ0n) is 14.6. The Kier molecular flexibility index (Phi) is 2.89. The first-order chi connectivity index (χ1) is 11.0. The molecule has 5 rings (SSSR count). The van der Waals surface area contributed by atoms with Crippen molar-refractivity contribution in [1.29, 1.82) is 0 Å². The van der Waals surface area contributed by atoms with E-state index in [1.807, 2.05) is 0 Å². The number of hydrogen-bond donors (Lipinski definition) is 1. The summed E-state index contributed by atoms with van der Waals surface area (Å²) >= 11 is 0. The lowest BCUT2D eigenvalue weighted by Gasteiger charge is -2.60. The second-order valence-electron chi connectivity index (χ2n) is 9.38. The Labute approximate surface area is 140 Å². The van der Waals surface area contributed by atoms with Crippen LogP contribution >= 0.6 is 0 Å². The monoisotopic (exact) mass is 314 g/mol. The molecule has 1 saturated heterocycles. The molecule has 0 aromatic heterocycles. The zero-order chi connectivity index (χ0) is 15.9. The van der Waals surface area contributed by atoms with Gasteiger partial charge in [-0.25, -0.2) is 0 Å². The number of fused-ring (bicyclic) bond motifs is 6. The Bertz CT molecular complexity index is 587. The maximum Gasteiger partial charge on any atom is 0.0760 e. The maximum atomic E-state index is 10.0. The van der Waals surface area contributed by atoms with Gasteiger partial charge in [-0.15, -0.1) is 0 Å². The SMILES string of the molecule is C[C@]12CCC(O)C=C1C=CC1C2CC[C@@]2(C)C1CC[C@@]21CCO1. The van der Waals surface area contributed by atoms with Crippen LogP contribution in [0.15, 0.2) is 23.8 Å². The first-order valence-electron chi connectivity index (χ1n) is 9.71. The molecule has 5 aliphatic rings. The molecule has 4 unspecified atom stereocenters. The van der Waals surface area contributed by atoms with Crippen LogP contribution in [0.4, 0.5) is 0 Å². The molecule has 0 aromatic rings. The molecule has 23 heavy (non-hydrogen) atoms. The molecule has 126 valence electrons.